The third-order valence-electron chi connectivity index (χ3n) is 2.95. The van der Waals surface area contributed by atoms with Crippen LogP contribution < -0.4 is 15.4 Å². The van der Waals surface area contributed by atoms with E-state index < -0.39 is 0 Å². The van der Waals surface area contributed by atoms with Crippen LogP contribution in [0.1, 0.15) is 40.5 Å². The van der Waals surface area contributed by atoms with Gasteiger partial charge in [0.15, 0.2) is 0 Å². The molecule has 1 aromatic rings. The van der Waals surface area contributed by atoms with E-state index >= 15 is 0 Å². The monoisotopic (exact) mass is 251 g/mol. The Labute approximate surface area is 110 Å². The minimum Gasteiger partial charge on any atom is -0.473 e. The molecule has 0 saturated carbocycles. The van der Waals surface area contributed by atoms with Gasteiger partial charge in [-0.25, -0.2) is 0 Å². The lowest BCUT2D eigenvalue weighted by Gasteiger charge is -2.26. The van der Waals surface area contributed by atoms with Gasteiger partial charge in [0.05, 0.1) is 11.8 Å². The number of nitrogens with zero attached hydrogens (tertiary/aromatic N) is 2. The lowest BCUT2D eigenvalue weighted by Crippen LogP contribution is -2.29. The Kier molecular flexibility index (Phi) is 5.25. The summed E-state index contributed by atoms with van der Waals surface area (Å²) in [6.45, 7) is 8.33. The number of rotatable bonds is 6. The van der Waals surface area contributed by atoms with E-state index in [1.54, 1.807) is 0 Å². The van der Waals surface area contributed by atoms with Gasteiger partial charge in [0.1, 0.15) is 5.82 Å². The molecule has 102 valence electrons. The highest BCUT2D eigenvalue weighted by molar-refractivity contribution is 5.54. The van der Waals surface area contributed by atoms with Crippen LogP contribution in [0.5, 0.6) is 5.88 Å². The highest BCUT2D eigenvalue weighted by Crippen LogP contribution is 2.25. The molecule has 1 unspecified atom stereocenters. The lowest BCUT2D eigenvalue weighted by atomic mass is 10.2. The smallest absolute Gasteiger partial charge is 0.239 e. The van der Waals surface area contributed by atoms with Crippen molar-refractivity contribution in [2.45, 2.75) is 52.7 Å². The highest BCUT2D eigenvalue weighted by Gasteiger charge is 2.13. The maximum Gasteiger partial charge on any atom is 0.239 e. The van der Waals surface area contributed by atoms with Crippen molar-refractivity contribution >= 4 is 11.5 Å². The zero-order valence-electron chi connectivity index (χ0n) is 12.1. The maximum absolute atomic E-state index is 5.87. The van der Waals surface area contributed by atoms with Crippen molar-refractivity contribution in [2.75, 3.05) is 17.7 Å². The molecule has 0 radical (unpaired) electrons. The normalized spacial score (nSPS) is 12.6. The van der Waals surface area contributed by atoms with E-state index in [1.165, 1.54) is 0 Å². The molecule has 0 aromatic carbocycles. The number of anilines is 2. The van der Waals surface area contributed by atoms with Crippen LogP contribution in [0.25, 0.3) is 0 Å². The molecule has 0 aliphatic carbocycles. The van der Waals surface area contributed by atoms with E-state index in [4.69, 9.17) is 10.5 Å². The van der Waals surface area contributed by atoms with Gasteiger partial charge in [-0.1, -0.05) is 13.3 Å². The molecule has 0 aliphatic heterocycles. The van der Waals surface area contributed by atoms with Crippen molar-refractivity contribution in [3.05, 3.63) is 12.1 Å². The second-order valence-electron chi connectivity index (χ2n) is 4.98. The summed E-state index contributed by atoms with van der Waals surface area (Å²) in [7, 11) is 2.05. The summed E-state index contributed by atoms with van der Waals surface area (Å²) >= 11 is 0. The van der Waals surface area contributed by atoms with Gasteiger partial charge in [-0.15, -0.1) is 0 Å². The van der Waals surface area contributed by atoms with E-state index in [0.717, 1.165) is 18.7 Å². The first-order valence-corrected chi connectivity index (χ1v) is 6.61. The quantitative estimate of drug-likeness (QED) is 0.844. The van der Waals surface area contributed by atoms with Crippen molar-refractivity contribution < 1.29 is 4.74 Å². The van der Waals surface area contributed by atoms with Crippen LogP contribution in [0.2, 0.25) is 0 Å². The van der Waals surface area contributed by atoms with E-state index in [9.17, 15) is 0 Å². The fourth-order valence-corrected chi connectivity index (χ4v) is 1.79. The Morgan fingerprint density at radius 2 is 2.00 bits per heavy atom. The Morgan fingerprint density at radius 3 is 2.56 bits per heavy atom. The van der Waals surface area contributed by atoms with Crippen LogP contribution in [0.15, 0.2) is 12.1 Å². The predicted molar refractivity (Wildman–Crippen MR) is 77.2 cm³/mol. The number of hydrogen-bond donors (Lipinski definition) is 1. The second-order valence-corrected chi connectivity index (χ2v) is 4.98. The number of nitrogen functional groups attached to an aromatic ring is 1. The molecule has 2 N–H and O–H groups in total. The molecule has 0 saturated heterocycles. The topological polar surface area (TPSA) is 51.4 Å². The SMILES string of the molecule is CCCC(C)N(C)c1ccc(N)c(OC(C)C)n1. The van der Waals surface area contributed by atoms with Gasteiger partial charge in [0.25, 0.3) is 0 Å². The zero-order chi connectivity index (χ0) is 13.7. The second kappa shape index (κ2) is 6.47. The number of hydrogen-bond acceptors (Lipinski definition) is 4. The van der Waals surface area contributed by atoms with E-state index in [0.29, 0.717) is 17.6 Å². The Hall–Kier alpha value is -1.45. The number of ether oxygens (including phenoxy) is 1. The van der Waals surface area contributed by atoms with Gasteiger partial charge in [0, 0.05) is 13.1 Å². The van der Waals surface area contributed by atoms with Crippen LogP contribution in [-0.2, 0) is 0 Å². The predicted octanol–water partition coefficient (Wildman–Crippen LogP) is 3.08. The van der Waals surface area contributed by atoms with E-state index in [2.05, 4.69) is 30.8 Å². The molecule has 1 aromatic heterocycles. The molecule has 0 spiro atoms. The van der Waals surface area contributed by atoms with Gasteiger partial charge in [-0.3, -0.25) is 0 Å². The number of pyridine rings is 1. The molecule has 4 heteroatoms. The summed E-state index contributed by atoms with van der Waals surface area (Å²) in [6, 6.07) is 4.25. The first kappa shape index (κ1) is 14.6. The van der Waals surface area contributed by atoms with Gasteiger partial charge in [-0.05, 0) is 39.3 Å². The molecule has 18 heavy (non-hydrogen) atoms. The third-order valence-corrected chi connectivity index (χ3v) is 2.95. The van der Waals surface area contributed by atoms with Crippen LogP contribution >= 0.6 is 0 Å². The largest absolute Gasteiger partial charge is 0.473 e. The fraction of sp³-hybridized carbons (Fsp3) is 0.643. The molecule has 0 aliphatic rings. The molecule has 0 bridgehead atoms. The first-order chi connectivity index (χ1) is 8.45. The van der Waals surface area contributed by atoms with Crippen molar-refractivity contribution in [1.29, 1.82) is 0 Å². The fourth-order valence-electron chi connectivity index (χ4n) is 1.79. The number of nitrogens with two attached hydrogens (primary N) is 1. The van der Waals surface area contributed by atoms with Gasteiger partial charge >= 0.3 is 0 Å². The average molecular weight is 251 g/mol. The van der Waals surface area contributed by atoms with Gasteiger partial charge < -0.3 is 15.4 Å². The maximum atomic E-state index is 5.87. The molecular formula is C14H25N3O. The molecule has 1 rings (SSSR count). The Bertz CT molecular complexity index is 379. The number of aromatic nitrogens is 1. The Balaban J connectivity index is 2.89. The molecule has 4 nitrogen and oxygen atoms in total. The summed E-state index contributed by atoms with van der Waals surface area (Å²) < 4.78 is 5.61. The lowest BCUT2D eigenvalue weighted by molar-refractivity contribution is 0.234. The molecule has 0 fully saturated rings. The van der Waals surface area contributed by atoms with E-state index in [-0.39, 0.29) is 6.10 Å². The standard InChI is InChI=1S/C14H25N3O/c1-6-7-11(4)17(5)13-9-8-12(15)14(16-13)18-10(2)3/h8-11H,6-7,15H2,1-5H3. The third kappa shape index (κ3) is 3.79. The van der Waals surface area contributed by atoms with Crippen LogP contribution in [-0.4, -0.2) is 24.2 Å². The molecular weight excluding hydrogens is 226 g/mol. The molecule has 1 atom stereocenters. The van der Waals surface area contributed by atoms with Gasteiger partial charge in [-0.2, -0.15) is 4.98 Å². The van der Waals surface area contributed by atoms with E-state index in [1.807, 2.05) is 26.0 Å². The van der Waals surface area contributed by atoms with Crippen molar-refractivity contribution in [3.63, 3.8) is 0 Å². The summed E-state index contributed by atoms with van der Waals surface area (Å²) in [5.74, 6) is 1.43. The molecule has 1 heterocycles. The van der Waals surface area contributed by atoms with Crippen molar-refractivity contribution in [2.24, 2.45) is 0 Å². The summed E-state index contributed by atoms with van der Waals surface area (Å²) in [6.07, 6.45) is 2.38. The van der Waals surface area contributed by atoms with Crippen molar-refractivity contribution in [3.8, 4) is 5.88 Å². The Morgan fingerprint density at radius 1 is 1.33 bits per heavy atom. The summed E-state index contributed by atoms with van der Waals surface area (Å²) in [4.78, 5) is 6.66. The summed E-state index contributed by atoms with van der Waals surface area (Å²) in [5.41, 5.74) is 6.45. The summed E-state index contributed by atoms with van der Waals surface area (Å²) in [5, 5.41) is 0. The van der Waals surface area contributed by atoms with Crippen molar-refractivity contribution in [1.82, 2.24) is 4.98 Å². The van der Waals surface area contributed by atoms with Crippen LogP contribution in [0.3, 0.4) is 0 Å². The van der Waals surface area contributed by atoms with Crippen LogP contribution in [0.4, 0.5) is 11.5 Å². The van der Waals surface area contributed by atoms with Crippen LogP contribution in [0, 0.1) is 0 Å². The first-order valence-electron chi connectivity index (χ1n) is 6.61. The molecule has 0 amide bonds. The average Bonchev–Trinajstić information content (AvgIpc) is 2.31. The van der Waals surface area contributed by atoms with Gasteiger partial charge in [0.2, 0.25) is 5.88 Å². The zero-order valence-corrected chi connectivity index (χ0v) is 12.1. The minimum absolute atomic E-state index is 0.0772. The minimum atomic E-state index is 0.0772. The highest BCUT2D eigenvalue weighted by atomic mass is 16.5.